The first kappa shape index (κ1) is 12.9. The van der Waals surface area contributed by atoms with Gasteiger partial charge in [0.15, 0.2) is 0 Å². The quantitative estimate of drug-likeness (QED) is 0.931. The molecule has 0 spiro atoms. The van der Waals surface area contributed by atoms with Crippen LogP contribution in [0.3, 0.4) is 0 Å². The predicted molar refractivity (Wildman–Crippen MR) is 71.1 cm³/mol. The summed E-state index contributed by atoms with van der Waals surface area (Å²) >= 11 is 3.35. The summed E-state index contributed by atoms with van der Waals surface area (Å²) in [4.78, 5) is 2.45. The predicted octanol–water partition coefficient (Wildman–Crippen LogP) is 2.77. The van der Waals surface area contributed by atoms with Gasteiger partial charge in [0.05, 0.1) is 17.7 Å². The highest BCUT2D eigenvalue weighted by molar-refractivity contribution is 9.10. The number of phenolic OH excluding ortho intramolecular Hbond substituents is 1. The monoisotopic (exact) mass is 299 g/mol. The Hall–Kier alpha value is -0.580. The van der Waals surface area contributed by atoms with Crippen LogP contribution in [0.15, 0.2) is 22.7 Å². The Balaban J connectivity index is 2.05. The second-order valence-electron chi connectivity index (χ2n) is 4.39. The van der Waals surface area contributed by atoms with Gasteiger partial charge >= 0.3 is 0 Å². The fraction of sp³-hybridized carbons (Fsp3) is 0.538. The average Bonchev–Trinajstić information content (AvgIpc) is 2.34. The zero-order chi connectivity index (χ0) is 12.3. The van der Waals surface area contributed by atoms with Gasteiger partial charge in [-0.3, -0.25) is 4.90 Å². The second-order valence-corrected chi connectivity index (χ2v) is 5.25. The molecular formula is C13H18BrNO2. The van der Waals surface area contributed by atoms with Gasteiger partial charge in [-0.2, -0.15) is 0 Å². The van der Waals surface area contributed by atoms with Crippen molar-refractivity contribution in [3.8, 4) is 5.75 Å². The summed E-state index contributed by atoms with van der Waals surface area (Å²) in [6, 6.07) is 6.21. The lowest BCUT2D eigenvalue weighted by Crippen LogP contribution is -2.44. The molecule has 1 aliphatic rings. The fourth-order valence-electron chi connectivity index (χ4n) is 2.16. The molecule has 3 nitrogen and oxygen atoms in total. The van der Waals surface area contributed by atoms with Crippen LogP contribution in [0, 0.1) is 0 Å². The molecule has 0 bridgehead atoms. The maximum absolute atomic E-state index is 9.47. The van der Waals surface area contributed by atoms with Gasteiger partial charge in [-0.05, 0) is 40.0 Å². The van der Waals surface area contributed by atoms with Crippen molar-refractivity contribution >= 4 is 15.9 Å². The second kappa shape index (κ2) is 5.85. The number of ether oxygens (including phenoxy) is 1. The molecular weight excluding hydrogens is 282 g/mol. The lowest BCUT2D eigenvalue weighted by molar-refractivity contribution is -0.0127. The van der Waals surface area contributed by atoms with Crippen LogP contribution in [0.4, 0.5) is 0 Å². The molecule has 1 saturated heterocycles. The molecule has 1 fully saturated rings. The van der Waals surface area contributed by atoms with Crippen molar-refractivity contribution in [2.24, 2.45) is 0 Å². The third kappa shape index (κ3) is 3.21. The first-order chi connectivity index (χ1) is 8.20. The van der Waals surface area contributed by atoms with Gasteiger partial charge in [0.25, 0.3) is 0 Å². The van der Waals surface area contributed by atoms with Crippen LogP contribution < -0.4 is 0 Å². The average molecular weight is 300 g/mol. The summed E-state index contributed by atoms with van der Waals surface area (Å²) < 4.78 is 6.25. The molecule has 0 radical (unpaired) electrons. The minimum absolute atomic E-state index is 0.294. The molecule has 0 aliphatic carbocycles. The number of nitrogens with zero attached hydrogens (tertiary/aromatic N) is 1. The number of halogens is 1. The molecule has 0 saturated carbocycles. The number of hydrogen-bond acceptors (Lipinski definition) is 3. The van der Waals surface area contributed by atoms with E-state index in [1.165, 1.54) is 5.56 Å². The molecule has 17 heavy (non-hydrogen) atoms. The number of aromatic hydroxyl groups is 1. The van der Waals surface area contributed by atoms with Crippen LogP contribution in [-0.2, 0) is 11.3 Å². The highest BCUT2D eigenvalue weighted by Crippen LogP contribution is 2.25. The Kier molecular flexibility index (Phi) is 4.42. The van der Waals surface area contributed by atoms with Gasteiger partial charge in [-0.1, -0.05) is 13.0 Å². The zero-order valence-corrected chi connectivity index (χ0v) is 11.6. The van der Waals surface area contributed by atoms with Crippen molar-refractivity contribution in [3.05, 3.63) is 28.2 Å². The molecule has 1 aromatic carbocycles. The van der Waals surface area contributed by atoms with E-state index in [0.717, 1.165) is 37.2 Å². The lowest BCUT2D eigenvalue weighted by atomic mass is 10.1. The number of hydrogen-bond donors (Lipinski definition) is 1. The maximum Gasteiger partial charge on any atom is 0.129 e. The van der Waals surface area contributed by atoms with Gasteiger partial charge in [-0.15, -0.1) is 0 Å². The van der Waals surface area contributed by atoms with E-state index >= 15 is 0 Å². The van der Waals surface area contributed by atoms with Crippen molar-refractivity contribution in [1.82, 2.24) is 4.90 Å². The topological polar surface area (TPSA) is 32.7 Å². The van der Waals surface area contributed by atoms with E-state index < -0.39 is 0 Å². The molecule has 0 aromatic heterocycles. The summed E-state index contributed by atoms with van der Waals surface area (Å²) in [6.07, 6.45) is 1.11. The first-order valence-electron chi connectivity index (χ1n) is 6.00. The van der Waals surface area contributed by atoms with E-state index in [2.05, 4.69) is 27.8 Å². The molecule has 94 valence electrons. The van der Waals surface area contributed by atoms with Crippen molar-refractivity contribution < 1.29 is 9.84 Å². The Bertz CT molecular complexity index is 384. The third-order valence-corrected chi connectivity index (χ3v) is 3.85. The number of phenols is 1. The smallest absolute Gasteiger partial charge is 0.129 e. The summed E-state index contributed by atoms with van der Waals surface area (Å²) in [5.41, 5.74) is 1.22. The highest BCUT2D eigenvalue weighted by atomic mass is 79.9. The van der Waals surface area contributed by atoms with Crippen LogP contribution in [0.25, 0.3) is 0 Å². The van der Waals surface area contributed by atoms with Gasteiger partial charge < -0.3 is 9.84 Å². The van der Waals surface area contributed by atoms with E-state index in [9.17, 15) is 5.11 Å². The fourth-order valence-corrected chi connectivity index (χ4v) is 2.58. The molecule has 1 N–H and O–H groups in total. The maximum atomic E-state index is 9.47. The third-order valence-electron chi connectivity index (χ3n) is 3.22. The van der Waals surface area contributed by atoms with Gasteiger partial charge in [0.1, 0.15) is 5.75 Å². The Morgan fingerprint density at radius 2 is 2.35 bits per heavy atom. The minimum Gasteiger partial charge on any atom is -0.507 e. The number of rotatable bonds is 3. The summed E-state index contributed by atoms with van der Waals surface area (Å²) in [7, 11) is 0. The van der Waals surface area contributed by atoms with Gasteiger partial charge in [-0.25, -0.2) is 0 Å². The molecule has 4 heteroatoms. The van der Waals surface area contributed by atoms with Crippen LogP contribution in [0.2, 0.25) is 0 Å². The van der Waals surface area contributed by atoms with Gasteiger partial charge in [0.2, 0.25) is 0 Å². The number of benzene rings is 1. The van der Waals surface area contributed by atoms with E-state index in [4.69, 9.17) is 4.74 Å². The molecule has 1 heterocycles. The Morgan fingerprint density at radius 3 is 3.06 bits per heavy atom. The molecule has 0 amide bonds. The van der Waals surface area contributed by atoms with Crippen molar-refractivity contribution in [2.45, 2.75) is 25.9 Å². The molecule has 1 aliphatic heterocycles. The largest absolute Gasteiger partial charge is 0.507 e. The SMILES string of the molecule is CCC1COCCN1Cc1ccc(O)c(Br)c1. The Labute approximate surface area is 111 Å². The van der Waals surface area contributed by atoms with Crippen LogP contribution >= 0.6 is 15.9 Å². The van der Waals surface area contributed by atoms with Crippen molar-refractivity contribution in [1.29, 1.82) is 0 Å². The minimum atomic E-state index is 0.294. The van der Waals surface area contributed by atoms with Gasteiger partial charge in [0, 0.05) is 19.1 Å². The molecule has 1 unspecified atom stereocenters. The highest BCUT2D eigenvalue weighted by Gasteiger charge is 2.21. The molecule has 2 rings (SSSR count). The van der Waals surface area contributed by atoms with E-state index in [1.807, 2.05) is 12.1 Å². The molecule has 1 aromatic rings. The standard InChI is InChI=1S/C13H18BrNO2/c1-2-11-9-17-6-5-15(11)8-10-3-4-13(16)12(14)7-10/h3-4,7,11,16H,2,5-6,8-9H2,1H3. The lowest BCUT2D eigenvalue weighted by Gasteiger charge is -2.35. The van der Waals surface area contributed by atoms with Crippen LogP contribution in [-0.4, -0.2) is 35.8 Å². The van der Waals surface area contributed by atoms with Crippen molar-refractivity contribution in [3.63, 3.8) is 0 Å². The van der Waals surface area contributed by atoms with E-state index in [-0.39, 0.29) is 0 Å². The van der Waals surface area contributed by atoms with Crippen molar-refractivity contribution in [2.75, 3.05) is 19.8 Å². The number of morpholine rings is 1. The van der Waals surface area contributed by atoms with Crippen LogP contribution in [0.5, 0.6) is 5.75 Å². The van der Waals surface area contributed by atoms with Crippen LogP contribution in [0.1, 0.15) is 18.9 Å². The Morgan fingerprint density at radius 1 is 1.53 bits per heavy atom. The first-order valence-corrected chi connectivity index (χ1v) is 6.79. The summed E-state index contributed by atoms with van der Waals surface area (Å²) in [5, 5.41) is 9.47. The normalized spacial score (nSPS) is 21.6. The summed E-state index contributed by atoms with van der Waals surface area (Å²) in [6.45, 7) is 5.74. The summed E-state index contributed by atoms with van der Waals surface area (Å²) in [5.74, 6) is 0.294. The molecule has 1 atom stereocenters. The van der Waals surface area contributed by atoms with E-state index in [1.54, 1.807) is 6.07 Å². The zero-order valence-electron chi connectivity index (χ0n) is 10.0. The van der Waals surface area contributed by atoms with E-state index in [0.29, 0.717) is 11.8 Å².